The van der Waals surface area contributed by atoms with E-state index in [2.05, 4.69) is 9.97 Å². The summed E-state index contributed by atoms with van der Waals surface area (Å²) in [5, 5.41) is 2.13. The van der Waals surface area contributed by atoms with Gasteiger partial charge in [0.1, 0.15) is 5.82 Å². The van der Waals surface area contributed by atoms with E-state index in [-0.39, 0.29) is 0 Å². The number of fused-ring (bicyclic) bond motifs is 3. The Morgan fingerprint density at radius 3 is 2.80 bits per heavy atom. The smallest absolute Gasteiger partial charge is 0.124 e. The second kappa shape index (κ2) is 2.92. The number of benzene rings is 1. The van der Waals surface area contributed by atoms with Crippen LogP contribution >= 0.6 is 0 Å². The van der Waals surface area contributed by atoms with E-state index < -0.39 is 0 Å². The SMILES string of the molecule is Nc1ccc2ccc3ncccc3c2n1. The molecule has 0 unspecified atom stereocenters. The van der Waals surface area contributed by atoms with Crippen LogP contribution in [0.4, 0.5) is 5.82 Å². The highest BCUT2D eigenvalue weighted by Crippen LogP contribution is 2.22. The Balaban J connectivity index is 2.57. The maximum Gasteiger partial charge on any atom is 0.124 e. The molecule has 0 atom stereocenters. The van der Waals surface area contributed by atoms with Gasteiger partial charge in [0, 0.05) is 17.0 Å². The fraction of sp³-hybridized carbons (Fsp3) is 0. The summed E-state index contributed by atoms with van der Waals surface area (Å²) < 4.78 is 0. The summed E-state index contributed by atoms with van der Waals surface area (Å²) in [6, 6.07) is 11.7. The van der Waals surface area contributed by atoms with Crippen LogP contribution in [0.2, 0.25) is 0 Å². The molecule has 3 rings (SSSR count). The number of anilines is 1. The fourth-order valence-corrected chi connectivity index (χ4v) is 1.75. The second-order valence-electron chi connectivity index (χ2n) is 3.44. The monoisotopic (exact) mass is 195 g/mol. The molecule has 15 heavy (non-hydrogen) atoms. The third-order valence-corrected chi connectivity index (χ3v) is 2.46. The molecule has 0 spiro atoms. The van der Waals surface area contributed by atoms with Gasteiger partial charge < -0.3 is 5.73 Å². The number of pyridine rings is 2. The van der Waals surface area contributed by atoms with Crippen LogP contribution < -0.4 is 5.73 Å². The molecule has 2 aromatic heterocycles. The van der Waals surface area contributed by atoms with Gasteiger partial charge in [-0.15, -0.1) is 0 Å². The standard InChI is InChI=1S/C12H9N3/c13-11-6-4-8-3-5-10-9(12(8)15-11)2-1-7-14-10/h1-7H,(H2,13,15). The molecule has 0 aliphatic heterocycles. The van der Waals surface area contributed by atoms with Crippen LogP contribution in [-0.2, 0) is 0 Å². The molecule has 0 saturated heterocycles. The topological polar surface area (TPSA) is 51.8 Å². The predicted molar refractivity (Wildman–Crippen MR) is 61.5 cm³/mol. The van der Waals surface area contributed by atoms with Crippen LogP contribution in [0.25, 0.3) is 21.8 Å². The molecule has 3 aromatic rings. The molecule has 0 saturated carbocycles. The average Bonchev–Trinajstić information content (AvgIpc) is 2.29. The van der Waals surface area contributed by atoms with Gasteiger partial charge in [-0.1, -0.05) is 6.07 Å². The normalized spacial score (nSPS) is 10.9. The second-order valence-corrected chi connectivity index (χ2v) is 3.44. The van der Waals surface area contributed by atoms with Crippen molar-refractivity contribution >= 4 is 27.6 Å². The Morgan fingerprint density at radius 2 is 1.87 bits per heavy atom. The molecule has 3 heteroatoms. The van der Waals surface area contributed by atoms with Crippen molar-refractivity contribution in [3.05, 3.63) is 42.6 Å². The summed E-state index contributed by atoms with van der Waals surface area (Å²) in [6.07, 6.45) is 1.78. The van der Waals surface area contributed by atoms with Gasteiger partial charge in [0.2, 0.25) is 0 Å². The highest BCUT2D eigenvalue weighted by atomic mass is 14.8. The van der Waals surface area contributed by atoms with Gasteiger partial charge in [-0.25, -0.2) is 4.98 Å². The fourth-order valence-electron chi connectivity index (χ4n) is 1.75. The summed E-state index contributed by atoms with van der Waals surface area (Å²) in [4.78, 5) is 8.62. The van der Waals surface area contributed by atoms with Crippen molar-refractivity contribution in [2.45, 2.75) is 0 Å². The van der Waals surface area contributed by atoms with Crippen molar-refractivity contribution in [1.82, 2.24) is 9.97 Å². The van der Waals surface area contributed by atoms with Gasteiger partial charge >= 0.3 is 0 Å². The van der Waals surface area contributed by atoms with E-state index in [1.54, 1.807) is 6.20 Å². The quantitative estimate of drug-likeness (QED) is 0.560. The summed E-state index contributed by atoms with van der Waals surface area (Å²) >= 11 is 0. The van der Waals surface area contributed by atoms with Gasteiger partial charge in [-0.3, -0.25) is 4.98 Å². The number of rotatable bonds is 0. The largest absolute Gasteiger partial charge is 0.384 e. The number of nitrogen functional groups attached to an aromatic ring is 1. The maximum absolute atomic E-state index is 5.68. The molecule has 0 fully saturated rings. The van der Waals surface area contributed by atoms with E-state index in [9.17, 15) is 0 Å². The first-order chi connectivity index (χ1) is 7.34. The first kappa shape index (κ1) is 8.17. The highest BCUT2D eigenvalue weighted by Gasteiger charge is 2.01. The van der Waals surface area contributed by atoms with E-state index in [1.807, 2.05) is 36.4 Å². The van der Waals surface area contributed by atoms with Crippen molar-refractivity contribution in [2.75, 3.05) is 5.73 Å². The van der Waals surface area contributed by atoms with Crippen LogP contribution in [0.5, 0.6) is 0 Å². The van der Waals surface area contributed by atoms with Crippen LogP contribution in [0.3, 0.4) is 0 Å². The molecule has 2 N–H and O–H groups in total. The summed E-state index contributed by atoms with van der Waals surface area (Å²) in [7, 11) is 0. The molecular weight excluding hydrogens is 186 g/mol. The number of nitrogens with zero attached hydrogens (tertiary/aromatic N) is 2. The maximum atomic E-state index is 5.68. The molecule has 0 radical (unpaired) electrons. The molecule has 0 amide bonds. The number of hydrogen-bond acceptors (Lipinski definition) is 3. The van der Waals surface area contributed by atoms with Gasteiger partial charge in [0.15, 0.2) is 0 Å². The first-order valence-electron chi connectivity index (χ1n) is 4.74. The average molecular weight is 195 g/mol. The molecule has 3 nitrogen and oxygen atoms in total. The first-order valence-corrected chi connectivity index (χ1v) is 4.74. The lowest BCUT2D eigenvalue weighted by atomic mass is 10.1. The van der Waals surface area contributed by atoms with Gasteiger partial charge in [0.25, 0.3) is 0 Å². The third-order valence-electron chi connectivity index (χ3n) is 2.46. The number of hydrogen-bond donors (Lipinski definition) is 1. The van der Waals surface area contributed by atoms with Crippen molar-refractivity contribution in [2.24, 2.45) is 0 Å². The number of aromatic nitrogens is 2. The number of nitrogens with two attached hydrogens (primary N) is 1. The van der Waals surface area contributed by atoms with Crippen LogP contribution in [0.1, 0.15) is 0 Å². The Bertz CT molecular complexity index is 646. The Labute approximate surface area is 86.6 Å². The van der Waals surface area contributed by atoms with E-state index in [0.29, 0.717) is 5.82 Å². The minimum absolute atomic E-state index is 0.541. The van der Waals surface area contributed by atoms with Crippen molar-refractivity contribution < 1.29 is 0 Å². The Hall–Kier alpha value is -2.16. The van der Waals surface area contributed by atoms with Crippen molar-refractivity contribution in [3.63, 3.8) is 0 Å². The Kier molecular flexibility index (Phi) is 1.59. The Morgan fingerprint density at radius 1 is 1.00 bits per heavy atom. The molecule has 0 aliphatic rings. The zero-order chi connectivity index (χ0) is 10.3. The van der Waals surface area contributed by atoms with Crippen LogP contribution in [0, 0.1) is 0 Å². The zero-order valence-corrected chi connectivity index (χ0v) is 8.01. The summed E-state index contributed by atoms with van der Waals surface area (Å²) in [6.45, 7) is 0. The van der Waals surface area contributed by atoms with E-state index in [1.165, 1.54) is 0 Å². The zero-order valence-electron chi connectivity index (χ0n) is 8.01. The third kappa shape index (κ3) is 1.21. The van der Waals surface area contributed by atoms with E-state index >= 15 is 0 Å². The van der Waals surface area contributed by atoms with Crippen LogP contribution in [0.15, 0.2) is 42.6 Å². The molecule has 72 valence electrons. The lowest BCUT2D eigenvalue weighted by Crippen LogP contribution is -1.90. The predicted octanol–water partition coefficient (Wildman–Crippen LogP) is 2.37. The van der Waals surface area contributed by atoms with Gasteiger partial charge in [0.05, 0.1) is 11.0 Å². The molecular formula is C12H9N3. The van der Waals surface area contributed by atoms with Crippen molar-refractivity contribution in [3.8, 4) is 0 Å². The van der Waals surface area contributed by atoms with Gasteiger partial charge in [-0.2, -0.15) is 0 Å². The summed E-state index contributed by atoms with van der Waals surface area (Å²) in [5.74, 6) is 0.541. The van der Waals surface area contributed by atoms with Crippen molar-refractivity contribution in [1.29, 1.82) is 0 Å². The van der Waals surface area contributed by atoms with E-state index in [4.69, 9.17) is 5.73 Å². The molecule has 0 aliphatic carbocycles. The highest BCUT2D eigenvalue weighted by molar-refractivity contribution is 6.03. The molecule has 0 bridgehead atoms. The van der Waals surface area contributed by atoms with E-state index in [0.717, 1.165) is 21.8 Å². The van der Waals surface area contributed by atoms with Crippen LogP contribution in [-0.4, -0.2) is 9.97 Å². The lowest BCUT2D eigenvalue weighted by Gasteiger charge is -2.02. The minimum Gasteiger partial charge on any atom is -0.384 e. The lowest BCUT2D eigenvalue weighted by molar-refractivity contribution is 1.39. The van der Waals surface area contributed by atoms with Gasteiger partial charge in [-0.05, 0) is 30.3 Å². The molecule has 1 aromatic carbocycles. The minimum atomic E-state index is 0.541. The molecule has 2 heterocycles. The summed E-state index contributed by atoms with van der Waals surface area (Å²) in [5.41, 5.74) is 7.55.